The van der Waals surface area contributed by atoms with Gasteiger partial charge in [0.1, 0.15) is 11.5 Å². The van der Waals surface area contributed by atoms with Gasteiger partial charge in [0.2, 0.25) is 11.0 Å². The fourth-order valence-electron chi connectivity index (χ4n) is 2.18. The molecule has 11 heteroatoms. The highest BCUT2D eigenvalue weighted by atomic mass is 35.5. The van der Waals surface area contributed by atoms with Gasteiger partial charge in [-0.2, -0.15) is 0 Å². The van der Waals surface area contributed by atoms with Crippen molar-refractivity contribution in [2.45, 2.75) is 17.8 Å². The van der Waals surface area contributed by atoms with Crippen LogP contribution in [0.15, 0.2) is 45.2 Å². The first-order chi connectivity index (χ1) is 14.0. The Bertz CT molecular complexity index is 974. The molecule has 0 aliphatic carbocycles. The van der Waals surface area contributed by atoms with Crippen LogP contribution in [0.5, 0.6) is 0 Å². The lowest BCUT2D eigenvalue weighted by atomic mass is 10.2. The highest BCUT2D eigenvalue weighted by Crippen LogP contribution is 2.26. The average Bonchev–Trinajstić information content (AvgIpc) is 3.35. The van der Waals surface area contributed by atoms with Crippen LogP contribution in [0.1, 0.15) is 12.7 Å². The van der Waals surface area contributed by atoms with E-state index in [1.165, 1.54) is 23.1 Å². The fraction of sp³-hybridized carbons (Fsp3) is 0.222. The average molecular weight is 453 g/mol. The molecule has 2 amide bonds. The lowest BCUT2D eigenvalue weighted by Crippen LogP contribution is -2.24. The van der Waals surface area contributed by atoms with Crippen LogP contribution < -0.4 is 10.6 Å². The van der Waals surface area contributed by atoms with Gasteiger partial charge in [0.15, 0.2) is 4.34 Å². The summed E-state index contributed by atoms with van der Waals surface area (Å²) < 4.78 is 11.1. The Morgan fingerprint density at radius 2 is 2.00 bits per heavy atom. The maximum absolute atomic E-state index is 12.1. The molecule has 0 saturated carbocycles. The number of hydrogen-bond donors (Lipinski definition) is 2. The van der Waals surface area contributed by atoms with Crippen molar-refractivity contribution < 1.29 is 18.7 Å². The SMILES string of the molecule is CCOC(=O)Nc1nnc(SCC(=O)NCc2ccc(-c3ccc(Cl)cc3)o2)s1. The molecule has 0 radical (unpaired) electrons. The van der Waals surface area contributed by atoms with E-state index in [1.807, 2.05) is 24.3 Å². The van der Waals surface area contributed by atoms with E-state index in [4.69, 9.17) is 20.8 Å². The maximum Gasteiger partial charge on any atom is 0.413 e. The summed E-state index contributed by atoms with van der Waals surface area (Å²) in [6.45, 7) is 2.25. The third kappa shape index (κ3) is 6.48. The summed E-state index contributed by atoms with van der Waals surface area (Å²) in [5, 5.41) is 14.0. The second-order valence-corrected chi connectivity index (χ2v) is 8.19. The Morgan fingerprint density at radius 3 is 2.76 bits per heavy atom. The zero-order chi connectivity index (χ0) is 20.6. The summed E-state index contributed by atoms with van der Waals surface area (Å²) in [7, 11) is 0. The van der Waals surface area contributed by atoms with Gasteiger partial charge in [0.05, 0.1) is 18.9 Å². The molecule has 2 N–H and O–H groups in total. The molecule has 152 valence electrons. The van der Waals surface area contributed by atoms with E-state index < -0.39 is 6.09 Å². The van der Waals surface area contributed by atoms with Gasteiger partial charge in [-0.25, -0.2) is 4.79 Å². The Balaban J connectivity index is 1.43. The molecule has 3 rings (SSSR count). The van der Waals surface area contributed by atoms with Crippen molar-refractivity contribution >= 4 is 51.8 Å². The molecule has 3 aromatic rings. The van der Waals surface area contributed by atoms with Gasteiger partial charge in [-0.15, -0.1) is 10.2 Å². The van der Waals surface area contributed by atoms with Crippen molar-refractivity contribution in [2.24, 2.45) is 0 Å². The zero-order valence-electron chi connectivity index (χ0n) is 15.3. The van der Waals surface area contributed by atoms with Crippen molar-refractivity contribution in [2.75, 3.05) is 17.7 Å². The Labute approximate surface area is 180 Å². The number of halogens is 1. The Hall–Kier alpha value is -2.56. The highest BCUT2D eigenvalue weighted by molar-refractivity contribution is 8.01. The summed E-state index contributed by atoms with van der Waals surface area (Å²) in [6, 6.07) is 11.0. The number of furan rings is 1. The van der Waals surface area contributed by atoms with Crippen molar-refractivity contribution in [3.63, 3.8) is 0 Å². The normalized spacial score (nSPS) is 10.6. The molecule has 0 aliphatic heterocycles. The summed E-state index contributed by atoms with van der Waals surface area (Å²) >= 11 is 8.28. The molecule has 0 saturated heterocycles. The first-order valence-electron chi connectivity index (χ1n) is 8.55. The predicted octanol–water partition coefficient (Wildman–Crippen LogP) is 4.43. The van der Waals surface area contributed by atoms with E-state index in [-0.39, 0.29) is 24.8 Å². The number of ether oxygens (including phenoxy) is 1. The molecule has 0 unspecified atom stereocenters. The Kier molecular flexibility index (Phi) is 7.50. The van der Waals surface area contributed by atoms with Crippen LogP contribution in [0.3, 0.4) is 0 Å². The molecule has 8 nitrogen and oxygen atoms in total. The second kappa shape index (κ2) is 10.3. The standard InChI is InChI=1S/C18H17ClN4O4S2/c1-2-26-17(25)21-16-22-23-18(29-16)28-10-15(24)20-9-13-7-8-14(27-13)11-3-5-12(19)6-4-11/h3-8H,2,9-10H2,1H3,(H,20,24)(H,21,22,25). The smallest absolute Gasteiger partial charge is 0.413 e. The number of nitrogens with zero attached hydrogens (tertiary/aromatic N) is 2. The number of thioether (sulfide) groups is 1. The number of carbonyl (C=O) groups is 2. The molecule has 1 aromatic carbocycles. The molecule has 0 aliphatic rings. The minimum Gasteiger partial charge on any atom is -0.459 e. The van der Waals surface area contributed by atoms with E-state index in [9.17, 15) is 9.59 Å². The molecule has 2 aromatic heterocycles. The van der Waals surface area contributed by atoms with Crippen LogP contribution in [0.25, 0.3) is 11.3 Å². The van der Waals surface area contributed by atoms with Crippen LogP contribution in [0.4, 0.5) is 9.93 Å². The van der Waals surface area contributed by atoms with E-state index >= 15 is 0 Å². The molecule has 0 bridgehead atoms. The quantitative estimate of drug-likeness (QED) is 0.384. The molecule has 0 atom stereocenters. The highest BCUT2D eigenvalue weighted by Gasteiger charge is 2.11. The first kappa shape index (κ1) is 21.2. The number of hydrogen-bond acceptors (Lipinski definition) is 8. The summed E-state index contributed by atoms with van der Waals surface area (Å²) in [4.78, 5) is 23.4. The van der Waals surface area contributed by atoms with Gasteiger partial charge >= 0.3 is 6.09 Å². The Morgan fingerprint density at radius 1 is 1.21 bits per heavy atom. The fourth-order valence-corrected chi connectivity index (χ4v) is 3.87. The van der Waals surface area contributed by atoms with E-state index in [0.29, 0.717) is 26.0 Å². The van der Waals surface area contributed by atoms with E-state index in [2.05, 4.69) is 20.8 Å². The minimum atomic E-state index is -0.589. The number of aromatic nitrogens is 2. The van der Waals surface area contributed by atoms with Crippen molar-refractivity contribution in [3.8, 4) is 11.3 Å². The molecule has 0 fully saturated rings. The molecule has 0 spiro atoms. The van der Waals surface area contributed by atoms with Crippen LogP contribution in [0, 0.1) is 0 Å². The number of benzene rings is 1. The number of anilines is 1. The zero-order valence-corrected chi connectivity index (χ0v) is 17.7. The number of carbonyl (C=O) groups excluding carboxylic acids is 2. The largest absolute Gasteiger partial charge is 0.459 e. The monoisotopic (exact) mass is 452 g/mol. The third-order valence-electron chi connectivity index (χ3n) is 3.47. The summed E-state index contributed by atoms with van der Waals surface area (Å²) in [6.07, 6.45) is -0.589. The lowest BCUT2D eigenvalue weighted by Gasteiger charge is -2.02. The third-order valence-corrected chi connectivity index (χ3v) is 5.69. The van der Waals surface area contributed by atoms with Gasteiger partial charge in [0, 0.05) is 10.6 Å². The van der Waals surface area contributed by atoms with Gasteiger partial charge in [-0.05, 0) is 43.3 Å². The second-order valence-electron chi connectivity index (χ2n) is 5.56. The van der Waals surface area contributed by atoms with Crippen LogP contribution in [0.2, 0.25) is 5.02 Å². The molecular formula is C18H17ClN4O4S2. The minimum absolute atomic E-state index is 0.165. The predicted molar refractivity (Wildman–Crippen MR) is 112 cm³/mol. The van der Waals surface area contributed by atoms with E-state index in [1.54, 1.807) is 19.1 Å². The van der Waals surface area contributed by atoms with Crippen LogP contribution in [-0.2, 0) is 16.1 Å². The van der Waals surface area contributed by atoms with Crippen molar-refractivity contribution in [3.05, 3.63) is 47.2 Å². The topological polar surface area (TPSA) is 106 Å². The van der Waals surface area contributed by atoms with Crippen molar-refractivity contribution in [1.82, 2.24) is 15.5 Å². The number of nitrogens with one attached hydrogen (secondary N) is 2. The van der Waals surface area contributed by atoms with Gasteiger partial charge in [-0.1, -0.05) is 34.7 Å². The van der Waals surface area contributed by atoms with E-state index in [0.717, 1.165) is 5.56 Å². The molecule has 2 heterocycles. The first-order valence-corrected chi connectivity index (χ1v) is 10.7. The lowest BCUT2D eigenvalue weighted by molar-refractivity contribution is -0.118. The van der Waals surface area contributed by atoms with Crippen LogP contribution >= 0.6 is 34.7 Å². The molecular weight excluding hydrogens is 436 g/mol. The van der Waals surface area contributed by atoms with Gasteiger partial charge in [0.25, 0.3) is 0 Å². The summed E-state index contributed by atoms with van der Waals surface area (Å²) in [5.74, 6) is 1.34. The van der Waals surface area contributed by atoms with Gasteiger partial charge in [-0.3, -0.25) is 10.1 Å². The van der Waals surface area contributed by atoms with Crippen LogP contribution in [-0.4, -0.2) is 34.6 Å². The number of amides is 2. The molecule has 29 heavy (non-hydrogen) atoms. The maximum atomic E-state index is 12.1. The van der Waals surface area contributed by atoms with Gasteiger partial charge < -0.3 is 14.5 Å². The summed E-state index contributed by atoms with van der Waals surface area (Å²) in [5.41, 5.74) is 0.908. The van der Waals surface area contributed by atoms with Crippen molar-refractivity contribution in [1.29, 1.82) is 0 Å². The number of rotatable bonds is 8.